The van der Waals surface area contributed by atoms with Gasteiger partial charge < -0.3 is 4.90 Å². The molecular weight excluding hydrogens is 276 g/mol. The van der Waals surface area contributed by atoms with Crippen molar-refractivity contribution in [3.05, 3.63) is 29.3 Å². The summed E-state index contributed by atoms with van der Waals surface area (Å²) in [6.07, 6.45) is 0. The van der Waals surface area contributed by atoms with Crippen molar-refractivity contribution >= 4 is 29.9 Å². The summed E-state index contributed by atoms with van der Waals surface area (Å²) in [5.41, 5.74) is 1.45. The lowest BCUT2D eigenvalue weighted by molar-refractivity contribution is 0.185. The molecule has 1 aromatic carbocycles. The van der Waals surface area contributed by atoms with Gasteiger partial charge in [-0.05, 0) is 23.3 Å². The van der Waals surface area contributed by atoms with Crippen LogP contribution in [-0.2, 0) is 0 Å². The van der Waals surface area contributed by atoms with E-state index < -0.39 is 0 Å². The van der Waals surface area contributed by atoms with E-state index in [1.54, 1.807) is 0 Å². The first-order valence-corrected chi connectivity index (χ1v) is 7.85. The van der Waals surface area contributed by atoms with E-state index in [4.69, 9.17) is 11.6 Å². The summed E-state index contributed by atoms with van der Waals surface area (Å²) >= 11 is 10.7. The molecule has 0 atom stereocenters. The number of thiol groups is 1. The maximum atomic E-state index is 6.26. The minimum atomic E-state index is 0.287. The van der Waals surface area contributed by atoms with Gasteiger partial charge in [-0.3, -0.25) is 4.90 Å². The van der Waals surface area contributed by atoms with Crippen LogP contribution in [-0.4, -0.2) is 43.4 Å². The van der Waals surface area contributed by atoms with Crippen LogP contribution in [0.25, 0.3) is 0 Å². The number of benzene rings is 1. The summed E-state index contributed by atoms with van der Waals surface area (Å²) in [7, 11) is 0. The first-order chi connectivity index (χ1) is 9.02. The zero-order valence-electron chi connectivity index (χ0n) is 11.8. The highest BCUT2D eigenvalue weighted by atomic mass is 35.5. The Kier molecular flexibility index (Phi) is 5.04. The van der Waals surface area contributed by atoms with Crippen molar-refractivity contribution in [2.24, 2.45) is 5.41 Å². The normalized spacial score (nSPS) is 17.8. The summed E-state index contributed by atoms with van der Waals surface area (Å²) in [6, 6.07) is 8.11. The molecule has 1 aromatic rings. The van der Waals surface area contributed by atoms with Crippen LogP contribution in [0.15, 0.2) is 24.3 Å². The summed E-state index contributed by atoms with van der Waals surface area (Å²) in [4.78, 5) is 4.91. The van der Waals surface area contributed by atoms with Gasteiger partial charge in [0.1, 0.15) is 0 Å². The molecule has 0 spiro atoms. The van der Waals surface area contributed by atoms with Crippen molar-refractivity contribution in [3.8, 4) is 0 Å². The average molecular weight is 299 g/mol. The van der Waals surface area contributed by atoms with E-state index in [9.17, 15) is 0 Å². The molecule has 0 radical (unpaired) electrons. The second-order valence-corrected chi connectivity index (χ2v) is 6.76. The predicted molar refractivity (Wildman–Crippen MR) is 87.7 cm³/mol. The van der Waals surface area contributed by atoms with Gasteiger partial charge in [0.05, 0.1) is 10.7 Å². The predicted octanol–water partition coefficient (Wildman–Crippen LogP) is 3.42. The Labute approximate surface area is 127 Å². The Balaban J connectivity index is 1.91. The lowest BCUT2D eigenvalue weighted by Crippen LogP contribution is -2.49. The minimum Gasteiger partial charge on any atom is -0.368 e. The summed E-state index contributed by atoms with van der Waals surface area (Å²) in [5, 5.41) is 0.853. The topological polar surface area (TPSA) is 6.48 Å². The van der Waals surface area contributed by atoms with Gasteiger partial charge in [-0.2, -0.15) is 12.6 Å². The Hall–Kier alpha value is -0.380. The molecule has 0 N–H and O–H groups in total. The van der Waals surface area contributed by atoms with Crippen LogP contribution < -0.4 is 4.90 Å². The fourth-order valence-corrected chi connectivity index (χ4v) is 2.87. The summed E-state index contributed by atoms with van der Waals surface area (Å²) in [5.74, 6) is 0.928. The molecular formula is C15H23ClN2S. The molecule has 4 heteroatoms. The number of halogens is 1. The zero-order chi connectivity index (χ0) is 13.9. The molecule has 2 rings (SSSR count). The minimum absolute atomic E-state index is 0.287. The van der Waals surface area contributed by atoms with Gasteiger partial charge in [0.15, 0.2) is 0 Å². The third-order valence-corrected chi connectivity index (χ3v) is 4.82. The Bertz CT molecular complexity index is 414. The van der Waals surface area contributed by atoms with E-state index in [1.807, 2.05) is 12.1 Å². The SMILES string of the molecule is CC(C)(CS)CN1CCN(c2ccccc2Cl)CC1. The molecule has 19 heavy (non-hydrogen) atoms. The molecule has 1 aliphatic rings. The highest BCUT2D eigenvalue weighted by Crippen LogP contribution is 2.27. The number of nitrogens with zero attached hydrogens (tertiary/aromatic N) is 2. The first-order valence-electron chi connectivity index (χ1n) is 6.84. The number of anilines is 1. The molecule has 1 saturated heterocycles. The van der Waals surface area contributed by atoms with Gasteiger partial charge in [0.25, 0.3) is 0 Å². The molecule has 1 heterocycles. The lowest BCUT2D eigenvalue weighted by Gasteiger charge is -2.39. The quantitative estimate of drug-likeness (QED) is 0.851. The van der Waals surface area contributed by atoms with Gasteiger partial charge in [0.2, 0.25) is 0 Å². The van der Waals surface area contributed by atoms with Gasteiger partial charge in [-0.25, -0.2) is 0 Å². The summed E-state index contributed by atoms with van der Waals surface area (Å²) < 4.78 is 0. The van der Waals surface area contributed by atoms with Crippen LogP contribution in [0.4, 0.5) is 5.69 Å². The second kappa shape index (κ2) is 6.38. The Morgan fingerprint density at radius 3 is 2.37 bits per heavy atom. The van der Waals surface area contributed by atoms with Crippen molar-refractivity contribution in [1.29, 1.82) is 0 Å². The highest BCUT2D eigenvalue weighted by molar-refractivity contribution is 7.80. The molecule has 2 nitrogen and oxygen atoms in total. The monoisotopic (exact) mass is 298 g/mol. The number of para-hydroxylation sites is 1. The maximum Gasteiger partial charge on any atom is 0.0639 e. The molecule has 106 valence electrons. The lowest BCUT2D eigenvalue weighted by atomic mass is 9.95. The molecule has 0 aliphatic carbocycles. The van der Waals surface area contributed by atoms with Crippen molar-refractivity contribution in [3.63, 3.8) is 0 Å². The molecule has 0 saturated carbocycles. The average Bonchev–Trinajstić information content (AvgIpc) is 2.40. The van der Waals surface area contributed by atoms with Crippen molar-refractivity contribution in [2.75, 3.05) is 43.4 Å². The number of rotatable bonds is 4. The van der Waals surface area contributed by atoms with Gasteiger partial charge >= 0.3 is 0 Å². The van der Waals surface area contributed by atoms with Crippen LogP contribution in [0, 0.1) is 5.41 Å². The second-order valence-electron chi connectivity index (χ2n) is 6.04. The van der Waals surface area contributed by atoms with Crippen LogP contribution in [0.3, 0.4) is 0 Å². The van der Waals surface area contributed by atoms with Gasteiger partial charge in [-0.15, -0.1) is 0 Å². The van der Waals surface area contributed by atoms with Crippen LogP contribution >= 0.6 is 24.2 Å². The highest BCUT2D eigenvalue weighted by Gasteiger charge is 2.24. The number of piperazine rings is 1. The molecule has 0 amide bonds. The van der Waals surface area contributed by atoms with Crippen molar-refractivity contribution < 1.29 is 0 Å². The van der Waals surface area contributed by atoms with E-state index in [0.29, 0.717) is 0 Å². The standard InChI is InChI=1S/C15H23ClN2S/c1-15(2,12-19)11-17-7-9-18(10-8-17)14-6-4-3-5-13(14)16/h3-6,19H,7-12H2,1-2H3. The molecule has 1 aliphatic heterocycles. The van der Waals surface area contributed by atoms with Crippen LogP contribution in [0.1, 0.15) is 13.8 Å². The van der Waals surface area contributed by atoms with E-state index in [1.165, 1.54) is 0 Å². The molecule has 0 bridgehead atoms. The van der Waals surface area contributed by atoms with Crippen LogP contribution in [0.2, 0.25) is 5.02 Å². The number of hydrogen-bond donors (Lipinski definition) is 1. The fourth-order valence-electron chi connectivity index (χ4n) is 2.51. The third kappa shape index (κ3) is 4.04. The fraction of sp³-hybridized carbons (Fsp3) is 0.600. The van der Waals surface area contributed by atoms with E-state index in [0.717, 1.165) is 49.2 Å². The largest absolute Gasteiger partial charge is 0.368 e. The van der Waals surface area contributed by atoms with Crippen LogP contribution in [0.5, 0.6) is 0 Å². The molecule has 0 aromatic heterocycles. The van der Waals surface area contributed by atoms with Crippen molar-refractivity contribution in [2.45, 2.75) is 13.8 Å². The zero-order valence-corrected chi connectivity index (χ0v) is 13.4. The number of hydrogen-bond acceptors (Lipinski definition) is 3. The maximum absolute atomic E-state index is 6.26. The molecule has 0 unspecified atom stereocenters. The van der Waals surface area contributed by atoms with Gasteiger partial charge in [-0.1, -0.05) is 37.6 Å². The van der Waals surface area contributed by atoms with Gasteiger partial charge in [0, 0.05) is 32.7 Å². The smallest absolute Gasteiger partial charge is 0.0639 e. The van der Waals surface area contributed by atoms with E-state index in [-0.39, 0.29) is 5.41 Å². The Morgan fingerprint density at radius 1 is 1.16 bits per heavy atom. The Morgan fingerprint density at radius 2 is 1.79 bits per heavy atom. The van der Waals surface area contributed by atoms with E-state index in [2.05, 4.69) is 48.4 Å². The summed E-state index contributed by atoms with van der Waals surface area (Å²) in [6.45, 7) is 9.97. The van der Waals surface area contributed by atoms with Crippen molar-refractivity contribution in [1.82, 2.24) is 4.90 Å². The first kappa shape index (κ1) is 15.0. The van der Waals surface area contributed by atoms with E-state index >= 15 is 0 Å². The molecule has 1 fully saturated rings. The third-order valence-electron chi connectivity index (χ3n) is 3.65.